The molecule has 1 aromatic rings. The van der Waals surface area contributed by atoms with Gasteiger partial charge in [0.2, 0.25) is 10.0 Å². The molecule has 1 saturated heterocycles. The molecule has 1 aromatic carbocycles. The van der Waals surface area contributed by atoms with E-state index >= 15 is 0 Å². The zero-order chi connectivity index (χ0) is 17.6. The summed E-state index contributed by atoms with van der Waals surface area (Å²) in [5, 5.41) is 3.89. The largest absolute Gasteiger partial charge is 0.363 e. The van der Waals surface area contributed by atoms with E-state index in [9.17, 15) is 12.8 Å². The maximum absolute atomic E-state index is 13.0. The second kappa shape index (κ2) is 8.98. The van der Waals surface area contributed by atoms with Crippen molar-refractivity contribution < 1.29 is 12.8 Å². The van der Waals surface area contributed by atoms with Crippen LogP contribution in [0.4, 0.5) is 4.39 Å². The van der Waals surface area contributed by atoms with E-state index in [0.29, 0.717) is 31.3 Å². The SMILES string of the molecule is CSCCCNC(=S)N1CCN(S(=O)(=O)c2ccc(F)cc2)CC1. The Morgan fingerprint density at radius 3 is 2.46 bits per heavy atom. The van der Waals surface area contributed by atoms with Crippen molar-refractivity contribution in [3.05, 3.63) is 30.1 Å². The highest BCUT2D eigenvalue weighted by molar-refractivity contribution is 7.98. The third kappa shape index (κ3) is 5.05. The van der Waals surface area contributed by atoms with Crippen molar-refractivity contribution in [2.45, 2.75) is 11.3 Å². The Kier molecular flexibility index (Phi) is 7.27. The minimum atomic E-state index is -3.58. The van der Waals surface area contributed by atoms with Gasteiger partial charge in [0, 0.05) is 32.7 Å². The van der Waals surface area contributed by atoms with Crippen molar-refractivity contribution >= 4 is 39.1 Å². The molecule has 0 atom stereocenters. The Bertz CT molecular complexity index is 644. The summed E-state index contributed by atoms with van der Waals surface area (Å²) in [5.41, 5.74) is 0. The molecule has 0 radical (unpaired) electrons. The molecule has 1 fully saturated rings. The van der Waals surface area contributed by atoms with Crippen LogP contribution < -0.4 is 5.32 Å². The Balaban J connectivity index is 1.87. The van der Waals surface area contributed by atoms with Crippen molar-refractivity contribution in [3.63, 3.8) is 0 Å². The molecule has 0 bridgehead atoms. The molecule has 0 unspecified atom stereocenters. The van der Waals surface area contributed by atoms with Crippen LogP contribution in [0.1, 0.15) is 6.42 Å². The number of hydrogen-bond acceptors (Lipinski definition) is 4. The molecule has 1 N–H and O–H groups in total. The molecule has 0 aromatic heterocycles. The van der Waals surface area contributed by atoms with Gasteiger partial charge in [-0.2, -0.15) is 16.1 Å². The molecule has 0 spiro atoms. The molecule has 1 heterocycles. The van der Waals surface area contributed by atoms with Gasteiger partial charge in [0.15, 0.2) is 5.11 Å². The van der Waals surface area contributed by atoms with Gasteiger partial charge in [-0.3, -0.25) is 0 Å². The van der Waals surface area contributed by atoms with Crippen LogP contribution in [-0.2, 0) is 10.0 Å². The quantitative estimate of drug-likeness (QED) is 0.589. The van der Waals surface area contributed by atoms with Gasteiger partial charge in [-0.15, -0.1) is 0 Å². The summed E-state index contributed by atoms with van der Waals surface area (Å²) < 4.78 is 39.5. The molecule has 24 heavy (non-hydrogen) atoms. The molecular weight excluding hydrogens is 369 g/mol. The lowest BCUT2D eigenvalue weighted by Crippen LogP contribution is -2.53. The maximum Gasteiger partial charge on any atom is 0.243 e. The van der Waals surface area contributed by atoms with Gasteiger partial charge in [-0.25, -0.2) is 12.8 Å². The Labute approximate surface area is 152 Å². The van der Waals surface area contributed by atoms with E-state index in [4.69, 9.17) is 12.2 Å². The number of thioether (sulfide) groups is 1. The predicted molar refractivity (Wildman–Crippen MR) is 100 cm³/mol. The normalized spacial score (nSPS) is 16.2. The first-order valence-electron chi connectivity index (χ1n) is 7.72. The number of benzene rings is 1. The minimum Gasteiger partial charge on any atom is -0.363 e. The van der Waals surface area contributed by atoms with Crippen molar-refractivity contribution in [1.29, 1.82) is 0 Å². The third-order valence-corrected chi connectivity index (χ3v) is 6.79. The first kappa shape index (κ1) is 19.4. The molecule has 0 amide bonds. The lowest BCUT2D eigenvalue weighted by atomic mass is 10.4. The summed E-state index contributed by atoms with van der Waals surface area (Å²) in [4.78, 5) is 2.11. The number of nitrogens with zero attached hydrogens (tertiary/aromatic N) is 2. The Hall–Kier alpha value is -0.900. The molecule has 5 nitrogen and oxygen atoms in total. The van der Waals surface area contributed by atoms with Gasteiger partial charge >= 0.3 is 0 Å². The average molecular weight is 392 g/mol. The molecule has 2 rings (SSSR count). The van der Waals surface area contributed by atoms with Crippen LogP contribution >= 0.6 is 24.0 Å². The number of hydrogen-bond donors (Lipinski definition) is 1. The second-order valence-electron chi connectivity index (χ2n) is 5.42. The molecular formula is C15H22FN3O2S3. The first-order valence-corrected chi connectivity index (χ1v) is 11.0. The molecule has 9 heteroatoms. The number of piperazine rings is 1. The van der Waals surface area contributed by atoms with E-state index in [0.717, 1.165) is 30.9 Å². The average Bonchev–Trinajstić information content (AvgIpc) is 2.59. The summed E-state index contributed by atoms with van der Waals surface area (Å²) in [5.74, 6) is 0.635. The van der Waals surface area contributed by atoms with Crippen LogP contribution in [0.25, 0.3) is 0 Å². The van der Waals surface area contributed by atoms with Crippen molar-refractivity contribution in [1.82, 2.24) is 14.5 Å². The lowest BCUT2D eigenvalue weighted by Gasteiger charge is -2.35. The summed E-state index contributed by atoms with van der Waals surface area (Å²) in [6.45, 7) is 2.66. The van der Waals surface area contributed by atoms with Gasteiger partial charge in [0.05, 0.1) is 4.90 Å². The summed E-state index contributed by atoms with van der Waals surface area (Å²) in [6.07, 6.45) is 3.11. The van der Waals surface area contributed by atoms with Crippen molar-refractivity contribution in [2.75, 3.05) is 44.7 Å². The number of sulfonamides is 1. The lowest BCUT2D eigenvalue weighted by molar-refractivity contribution is 0.264. The predicted octanol–water partition coefficient (Wildman–Crippen LogP) is 1.76. The van der Waals surface area contributed by atoms with Crippen LogP contribution in [0.3, 0.4) is 0 Å². The van der Waals surface area contributed by atoms with Crippen molar-refractivity contribution in [2.24, 2.45) is 0 Å². The van der Waals surface area contributed by atoms with E-state index < -0.39 is 15.8 Å². The molecule has 0 aliphatic carbocycles. The summed E-state index contributed by atoms with van der Waals surface area (Å²) >= 11 is 7.16. The fourth-order valence-corrected chi connectivity index (χ4v) is 4.55. The number of nitrogens with one attached hydrogen (secondary N) is 1. The third-order valence-electron chi connectivity index (χ3n) is 3.78. The van der Waals surface area contributed by atoms with Gasteiger partial charge in [-0.1, -0.05) is 0 Å². The van der Waals surface area contributed by atoms with Gasteiger partial charge < -0.3 is 10.2 Å². The van der Waals surface area contributed by atoms with Gasteiger partial charge in [0.1, 0.15) is 5.82 Å². The highest BCUT2D eigenvalue weighted by Crippen LogP contribution is 2.18. The molecule has 1 aliphatic heterocycles. The Morgan fingerprint density at radius 2 is 1.88 bits per heavy atom. The van der Waals surface area contributed by atoms with E-state index in [2.05, 4.69) is 11.6 Å². The van der Waals surface area contributed by atoms with Crippen LogP contribution in [0.2, 0.25) is 0 Å². The fourth-order valence-electron chi connectivity index (χ4n) is 2.41. The minimum absolute atomic E-state index is 0.120. The second-order valence-corrected chi connectivity index (χ2v) is 8.73. The van der Waals surface area contributed by atoms with E-state index in [1.54, 1.807) is 11.8 Å². The van der Waals surface area contributed by atoms with Crippen LogP contribution in [0, 0.1) is 5.82 Å². The van der Waals surface area contributed by atoms with Crippen molar-refractivity contribution in [3.8, 4) is 0 Å². The topological polar surface area (TPSA) is 52.6 Å². The monoisotopic (exact) mass is 391 g/mol. The van der Waals surface area contributed by atoms with Crippen LogP contribution in [0.15, 0.2) is 29.2 Å². The molecule has 134 valence electrons. The molecule has 0 saturated carbocycles. The zero-order valence-corrected chi connectivity index (χ0v) is 16.0. The summed E-state index contributed by atoms with van der Waals surface area (Å²) in [7, 11) is -3.58. The maximum atomic E-state index is 13.0. The van der Waals surface area contributed by atoms with Crippen LogP contribution in [-0.4, -0.2) is 67.5 Å². The zero-order valence-electron chi connectivity index (χ0n) is 13.6. The fraction of sp³-hybridized carbons (Fsp3) is 0.533. The van der Waals surface area contributed by atoms with E-state index in [-0.39, 0.29) is 4.90 Å². The summed E-state index contributed by atoms with van der Waals surface area (Å²) in [6, 6.07) is 4.93. The van der Waals surface area contributed by atoms with Gasteiger partial charge in [-0.05, 0) is 54.9 Å². The van der Waals surface area contributed by atoms with Crippen LogP contribution in [0.5, 0.6) is 0 Å². The number of thiocarbonyl (C=S) groups is 1. The highest BCUT2D eigenvalue weighted by Gasteiger charge is 2.29. The Morgan fingerprint density at radius 1 is 1.25 bits per heavy atom. The van der Waals surface area contributed by atoms with E-state index in [1.807, 2.05) is 4.90 Å². The first-order chi connectivity index (χ1) is 11.4. The van der Waals surface area contributed by atoms with Gasteiger partial charge in [0.25, 0.3) is 0 Å². The molecule has 1 aliphatic rings. The smallest absolute Gasteiger partial charge is 0.243 e. The standard InChI is InChI=1S/C15H22FN3O2S3/c1-23-12-2-7-17-15(22)18-8-10-19(11-9-18)24(20,21)14-5-3-13(16)4-6-14/h3-6H,2,7-12H2,1H3,(H,17,22). The van der Waals surface area contributed by atoms with E-state index in [1.165, 1.54) is 16.4 Å². The number of rotatable bonds is 6. The number of halogens is 1. The highest BCUT2D eigenvalue weighted by atomic mass is 32.2.